The van der Waals surface area contributed by atoms with Crippen molar-refractivity contribution in [3.05, 3.63) is 30.3 Å². The Hall–Kier alpha value is -2.34. The number of rotatable bonds is 2. The van der Waals surface area contributed by atoms with Crippen LogP contribution in [0, 0.1) is 0 Å². The quantitative estimate of drug-likeness (QED) is 0.788. The normalized spacial score (nSPS) is 24.3. The zero-order valence-electron chi connectivity index (χ0n) is 12.9. The number of para-hydroxylation sites is 1. The Morgan fingerprint density at radius 3 is 2.78 bits per heavy atom. The maximum atomic E-state index is 6.00. The predicted octanol–water partition coefficient (Wildman–Crippen LogP) is 2.50. The minimum Gasteiger partial charge on any atom is -0.402 e. The molecule has 5 heterocycles. The van der Waals surface area contributed by atoms with Gasteiger partial charge in [-0.25, -0.2) is 0 Å². The van der Waals surface area contributed by atoms with E-state index in [0.29, 0.717) is 17.9 Å². The highest BCUT2D eigenvalue weighted by molar-refractivity contribution is 5.84. The number of aromatic nitrogens is 3. The molecule has 0 radical (unpaired) electrons. The molecular weight excluding hydrogens is 290 g/mol. The first-order chi connectivity index (χ1) is 11.4. The minimum absolute atomic E-state index is 0.532. The molecule has 118 valence electrons. The zero-order chi connectivity index (χ0) is 15.2. The van der Waals surface area contributed by atoms with Crippen LogP contribution in [0.4, 0.5) is 6.01 Å². The highest BCUT2D eigenvalue weighted by Gasteiger charge is 2.32. The van der Waals surface area contributed by atoms with Crippen molar-refractivity contribution in [1.29, 1.82) is 0 Å². The molecule has 0 saturated carbocycles. The molecule has 1 N–H and O–H groups in total. The average molecular weight is 309 g/mol. The topological polar surface area (TPSA) is 61.2 Å². The van der Waals surface area contributed by atoms with Crippen LogP contribution in [0.25, 0.3) is 22.5 Å². The number of aromatic amines is 1. The number of benzene rings is 1. The van der Waals surface area contributed by atoms with E-state index in [0.717, 1.165) is 29.7 Å². The van der Waals surface area contributed by atoms with Gasteiger partial charge in [0.25, 0.3) is 5.89 Å². The number of H-pyrrole nitrogens is 1. The van der Waals surface area contributed by atoms with E-state index in [1.54, 1.807) is 0 Å². The predicted molar refractivity (Wildman–Crippen MR) is 88.4 cm³/mol. The van der Waals surface area contributed by atoms with Gasteiger partial charge in [0, 0.05) is 43.1 Å². The molecule has 6 heteroatoms. The lowest BCUT2D eigenvalue weighted by Crippen LogP contribution is -2.38. The first-order valence-electron chi connectivity index (χ1n) is 8.27. The van der Waals surface area contributed by atoms with Crippen LogP contribution in [0.2, 0.25) is 0 Å². The molecule has 0 amide bonds. The van der Waals surface area contributed by atoms with Gasteiger partial charge in [0.05, 0.1) is 0 Å². The van der Waals surface area contributed by atoms with Gasteiger partial charge in [-0.2, -0.15) is 0 Å². The Morgan fingerprint density at radius 2 is 1.91 bits per heavy atom. The minimum atomic E-state index is 0.532. The van der Waals surface area contributed by atoms with Gasteiger partial charge >= 0.3 is 6.01 Å². The van der Waals surface area contributed by atoms with Crippen LogP contribution < -0.4 is 4.90 Å². The van der Waals surface area contributed by atoms with Crippen molar-refractivity contribution in [2.45, 2.75) is 18.9 Å². The van der Waals surface area contributed by atoms with Gasteiger partial charge in [0.2, 0.25) is 0 Å². The molecular formula is C17H19N5O. The summed E-state index contributed by atoms with van der Waals surface area (Å²) in [6.07, 6.45) is 2.37. The van der Waals surface area contributed by atoms with Crippen molar-refractivity contribution in [2.24, 2.45) is 0 Å². The van der Waals surface area contributed by atoms with Crippen LogP contribution in [0.3, 0.4) is 0 Å². The Labute approximate surface area is 134 Å². The first-order valence-corrected chi connectivity index (χ1v) is 8.27. The van der Waals surface area contributed by atoms with Gasteiger partial charge in [0.1, 0.15) is 5.69 Å². The van der Waals surface area contributed by atoms with E-state index in [1.165, 1.54) is 25.9 Å². The molecule has 3 saturated heterocycles. The second-order valence-electron chi connectivity index (χ2n) is 6.43. The van der Waals surface area contributed by atoms with Gasteiger partial charge in [-0.3, -0.25) is 0 Å². The van der Waals surface area contributed by atoms with Crippen molar-refractivity contribution in [3.8, 4) is 11.6 Å². The van der Waals surface area contributed by atoms with Gasteiger partial charge in [0.15, 0.2) is 0 Å². The molecule has 23 heavy (non-hydrogen) atoms. The third-order valence-corrected chi connectivity index (χ3v) is 5.08. The number of anilines is 1. The number of hydrogen-bond donors (Lipinski definition) is 1. The van der Waals surface area contributed by atoms with Crippen molar-refractivity contribution < 1.29 is 4.42 Å². The molecule has 6 rings (SSSR count). The summed E-state index contributed by atoms with van der Waals surface area (Å²) in [5.41, 5.74) is 1.97. The summed E-state index contributed by atoms with van der Waals surface area (Å²) < 4.78 is 6.00. The van der Waals surface area contributed by atoms with E-state index < -0.39 is 0 Å². The lowest BCUT2D eigenvalue weighted by atomic mass is 10.1. The Kier molecular flexibility index (Phi) is 2.91. The van der Waals surface area contributed by atoms with Crippen LogP contribution in [-0.4, -0.2) is 52.3 Å². The summed E-state index contributed by atoms with van der Waals surface area (Å²) in [4.78, 5) is 8.17. The average Bonchev–Trinajstić information content (AvgIpc) is 3.14. The maximum absolute atomic E-state index is 6.00. The van der Waals surface area contributed by atoms with Crippen LogP contribution >= 0.6 is 0 Å². The summed E-state index contributed by atoms with van der Waals surface area (Å²) >= 11 is 0. The third-order valence-electron chi connectivity index (χ3n) is 5.08. The smallest absolute Gasteiger partial charge is 0.318 e. The van der Waals surface area contributed by atoms with Crippen LogP contribution in [0.1, 0.15) is 12.8 Å². The molecule has 2 aromatic heterocycles. The highest BCUT2D eigenvalue weighted by atomic mass is 16.4. The largest absolute Gasteiger partial charge is 0.402 e. The first kappa shape index (κ1) is 13.1. The van der Waals surface area contributed by atoms with Crippen LogP contribution in [0.5, 0.6) is 0 Å². The van der Waals surface area contributed by atoms with Crippen molar-refractivity contribution in [2.75, 3.05) is 31.1 Å². The molecule has 0 unspecified atom stereocenters. The number of fused-ring (bicyclic) bond motifs is 5. The fraction of sp³-hybridized carbons (Fsp3) is 0.412. The second-order valence-corrected chi connectivity index (χ2v) is 6.43. The Bertz CT molecular complexity index is 797. The van der Waals surface area contributed by atoms with Crippen molar-refractivity contribution in [3.63, 3.8) is 0 Å². The number of hydrogen-bond acceptors (Lipinski definition) is 5. The third kappa shape index (κ3) is 2.21. The molecule has 3 aliphatic rings. The zero-order valence-corrected chi connectivity index (χ0v) is 12.9. The molecule has 3 aromatic rings. The highest BCUT2D eigenvalue weighted by Crippen LogP contribution is 2.29. The monoisotopic (exact) mass is 309 g/mol. The van der Waals surface area contributed by atoms with E-state index in [4.69, 9.17) is 4.42 Å². The molecule has 0 spiro atoms. The second kappa shape index (κ2) is 5.09. The van der Waals surface area contributed by atoms with E-state index in [1.807, 2.05) is 12.1 Å². The Balaban J connectivity index is 1.47. The SMILES string of the molecule is c1ccc2[nH]c(-c3nnc(N4CCN5CCC4CC5)o3)cc2c1. The fourth-order valence-corrected chi connectivity index (χ4v) is 3.77. The van der Waals surface area contributed by atoms with Gasteiger partial charge in [-0.1, -0.05) is 23.3 Å². The van der Waals surface area contributed by atoms with Crippen LogP contribution in [0.15, 0.2) is 34.7 Å². The van der Waals surface area contributed by atoms with E-state index >= 15 is 0 Å². The van der Waals surface area contributed by atoms with E-state index in [2.05, 4.69) is 43.2 Å². The summed E-state index contributed by atoms with van der Waals surface area (Å²) in [5, 5.41) is 9.74. The van der Waals surface area contributed by atoms with E-state index in [-0.39, 0.29) is 0 Å². The fourth-order valence-electron chi connectivity index (χ4n) is 3.77. The van der Waals surface area contributed by atoms with Gasteiger partial charge < -0.3 is 19.2 Å². The summed E-state index contributed by atoms with van der Waals surface area (Å²) in [7, 11) is 0. The molecule has 1 aromatic carbocycles. The molecule has 3 fully saturated rings. The number of nitrogens with zero attached hydrogens (tertiary/aromatic N) is 4. The van der Waals surface area contributed by atoms with Crippen molar-refractivity contribution >= 4 is 16.9 Å². The molecule has 0 atom stereocenters. The van der Waals surface area contributed by atoms with Crippen LogP contribution in [-0.2, 0) is 0 Å². The summed E-state index contributed by atoms with van der Waals surface area (Å²) in [6, 6.07) is 11.4. The number of piperidine rings is 1. The van der Waals surface area contributed by atoms with E-state index in [9.17, 15) is 0 Å². The molecule has 2 bridgehead atoms. The molecule has 6 nitrogen and oxygen atoms in total. The molecule has 3 aliphatic heterocycles. The Morgan fingerprint density at radius 1 is 1.04 bits per heavy atom. The maximum Gasteiger partial charge on any atom is 0.318 e. The lowest BCUT2D eigenvalue weighted by Gasteiger charge is -2.29. The van der Waals surface area contributed by atoms with Gasteiger partial charge in [-0.15, -0.1) is 5.10 Å². The summed E-state index contributed by atoms with van der Waals surface area (Å²) in [5.74, 6) is 0.565. The summed E-state index contributed by atoms with van der Waals surface area (Å²) in [6.45, 7) is 4.42. The van der Waals surface area contributed by atoms with Crippen molar-refractivity contribution in [1.82, 2.24) is 20.1 Å². The molecule has 0 aliphatic carbocycles. The number of nitrogens with one attached hydrogen (secondary N) is 1. The standard InChI is InChI=1S/C17H19N5O/c1-2-4-14-12(3-1)11-15(18-14)16-19-20-17(23-16)22-10-9-21-7-5-13(22)6-8-21/h1-4,11,13,18H,5-10H2. The lowest BCUT2D eigenvalue weighted by molar-refractivity contribution is 0.249. The van der Waals surface area contributed by atoms with Gasteiger partial charge in [-0.05, 0) is 25.0 Å².